The predicted molar refractivity (Wildman–Crippen MR) is 40.7 cm³/mol. The number of hydrogen-bond acceptors (Lipinski definition) is 2. The number of nitrogens with two attached hydrogens (primary N) is 2. The van der Waals surface area contributed by atoms with Crippen LogP contribution in [0.15, 0.2) is 0 Å². The standard InChI is InChI=1S/C5H16N2Si/c1-2-3-8-5(7)4-6/h5H,2-4,6-8H2,1H3. The van der Waals surface area contributed by atoms with E-state index in [1.807, 2.05) is 0 Å². The fourth-order valence-electron chi connectivity index (χ4n) is 0.584. The first kappa shape index (κ1) is 8.14. The van der Waals surface area contributed by atoms with Crippen molar-refractivity contribution in [3.63, 3.8) is 0 Å². The Balaban J connectivity index is 2.86. The first-order valence-electron chi connectivity index (χ1n) is 3.27. The summed E-state index contributed by atoms with van der Waals surface area (Å²) in [6.45, 7) is 2.88. The van der Waals surface area contributed by atoms with Gasteiger partial charge in [-0.3, -0.25) is 0 Å². The van der Waals surface area contributed by atoms with Crippen LogP contribution in [-0.4, -0.2) is 21.7 Å². The van der Waals surface area contributed by atoms with Crippen molar-refractivity contribution in [2.75, 3.05) is 6.54 Å². The maximum absolute atomic E-state index is 5.60. The second-order valence-electron chi connectivity index (χ2n) is 2.14. The van der Waals surface area contributed by atoms with Crippen molar-refractivity contribution in [3.05, 3.63) is 0 Å². The van der Waals surface area contributed by atoms with Gasteiger partial charge in [0.25, 0.3) is 0 Å². The van der Waals surface area contributed by atoms with Crippen molar-refractivity contribution in [1.82, 2.24) is 0 Å². The van der Waals surface area contributed by atoms with Crippen LogP contribution in [0.3, 0.4) is 0 Å². The van der Waals surface area contributed by atoms with Crippen molar-refractivity contribution in [2.24, 2.45) is 11.5 Å². The Morgan fingerprint density at radius 3 is 2.62 bits per heavy atom. The van der Waals surface area contributed by atoms with Crippen LogP contribution < -0.4 is 11.5 Å². The van der Waals surface area contributed by atoms with Crippen LogP contribution in [0.5, 0.6) is 0 Å². The Bertz CT molecular complexity index is 49.7. The van der Waals surface area contributed by atoms with Crippen LogP contribution in [0.4, 0.5) is 0 Å². The summed E-state index contributed by atoms with van der Waals surface area (Å²) in [4.78, 5) is 0. The largest absolute Gasteiger partial charge is 0.330 e. The summed E-state index contributed by atoms with van der Waals surface area (Å²) < 4.78 is 0. The lowest BCUT2D eigenvalue weighted by atomic mass is 10.6. The van der Waals surface area contributed by atoms with Gasteiger partial charge < -0.3 is 11.5 Å². The minimum atomic E-state index is -0.0116. The van der Waals surface area contributed by atoms with Crippen LogP contribution in [0.1, 0.15) is 13.3 Å². The van der Waals surface area contributed by atoms with Gasteiger partial charge in [0, 0.05) is 21.7 Å². The van der Waals surface area contributed by atoms with Gasteiger partial charge in [-0.2, -0.15) is 0 Å². The number of rotatable bonds is 4. The van der Waals surface area contributed by atoms with E-state index in [2.05, 4.69) is 6.92 Å². The number of hydrogen-bond donors (Lipinski definition) is 2. The molecule has 4 N–H and O–H groups in total. The van der Waals surface area contributed by atoms with Crippen molar-refractivity contribution < 1.29 is 0 Å². The van der Waals surface area contributed by atoms with Gasteiger partial charge >= 0.3 is 0 Å². The Morgan fingerprint density at radius 1 is 1.62 bits per heavy atom. The summed E-state index contributed by atoms with van der Waals surface area (Å²) in [5.74, 6) is 0. The summed E-state index contributed by atoms with van der Waals surface area (Å²) in [6.07, 6.45) is 1.28. The Labute approximate surface area is 53.5 Å². The lowest BCUT2D eigenvalue weighted by Crippen LogP contribution is -2.35. The third-order valence-corrected chi connectivity index (χ3v) is 3.42. The Hall–Kier alpha value is 0.137. The van der Waals surface area contributed by atoms with Crippen molar-refractivity contribution in [3.8, 4) is 0 Å². The van der Waals surface area contributed by atoms with Gasteiger partial charge in [0.2, 0.25) is 0 Å². The lowest BCUT2D eigenvalue weighted by molar-refractivity contribution is 0.875. The van der Waals surface area contributed by atoms with Crippen LogP contribution in [0.25, 0.3) is 0 Å². The molecule has 0 rings (SSSR count). The van der Waals surface area contributed by atoms with Crippen LogP contribution in [0.2, 0.25) is 6.04 Å². The molecule has 8 heavy (non-hydrogen) atoms. The third kappa shape index (κ3) is 4.30. The molecule has 0 amide bonds. The molecule has 0 aromatic rings. The van der Waals surface area contributed by atoms with Crippen LogP contribution in [0, 0.1) is 0 Å². The molecule has 3 heteroatoms. The summed E-state index contributed by atoms with van der Waals surface area (Å²) in [6, 6.07) is 1.35. The predicted octanol–water partition coefficient (Wildman–Crippen LogP) is -0.773. The maximum atomic E-state index is 5.60. The van der Waals surface area contributed by atoms with E-state index in [1.165, 1.54) is 12.5 Å². The molecule has 0 aromatic heterocycles. The molecule has 1 unspecified atom stereocenters. The highest BCUT2D eigenvalue weighted by Crippen LogP contribution is 1.86. The van der Waals surface area contributed by atoms with E-state index >= 15 is 0 Å². The lowest BCUT2D eigenvalue weighted by Gasteiger charge is -2.04. The second kappa shape index (κ2) is 5.28. The molecule has 2 nitrogen and oxygen atoms in total. The average Bonchev–Trinajstić information content (AvgIpc) is 1.83. The zero-order valence-corrected chi connectivity index (χ0v) is 6.97. The topological polar surface area (TPSA) is 52.0 Å². The van der Waals surface area contributed by atoms with E-state index in [0.29, 0.717) is 12.2 Å². The molecule has 0 fully saturated rings. The van der Waals surface area contributed by atoms with Crippen molar-refractivity contribution in [1.29, 1.82) is 0 Å². The smallest absolute Gasteiger partial charge is 0.0418 e. The molecule has 1 atom stereocenters. The molecule has 50 valence electrons. The highest BCUT2D eigenvalue weighted by atomic mass is 28.2. The van der Waals surface area contributed by atoms with E-state index in [9.17, 15) is 0 Å². The van der Waals surface area contributed by atoms with Gasteiger partial charge in [0.05, 0.1) is 0 Å². The van der Waals surface area contributed by atoms with Gasteiger partial charge in [0.1, 0.15) is 0 Å². The van der Waals surface area contributed by atoms with E-state index < -0.39 is 0 Å². The molecular weight excluding hydrogens is 116 g/mol. The van der Waals surface area contributed by atoms with Gasteiger partial charge in [-0.15, -0.1) is 0 Å². The average molecular weight is 132 g/mol. The highest BCUT2D eigenvalue weighted by Gasteiger charge is 1.96. The van der Waals surface area contributed by atoms with Gasteiger partial charge in [-0.05, 0) is 0 Å². The molecule has 0 saturated carbocycles. The van der Waals surface area contributed by atoms with E-state index in [-0.39, 0.29) is 9.52 Å². The molecule has 0 spiro atoms. The first-order valence-corrected chi connectivity index (χ1v) is 5.08. The van der Waals surface area contributed by atoms with E-state index in [0.717, 1.165) is 0 Å². The molecule has 0 saturated heterocycles. The van der Waals surface area contributed by atoms with E-state index in [4.69, 9.17) is 11.5 Å². The van der Waals surface area contributed by atoms with Crippen molar-refractivity contribution in [2.45, 2.75) is 25.1 Å². The second-order valence-corrected chi connectivity index (χ2v) is 4.47. The summed E-state index contributed by atoms with van der Waals surface area (Å²) in [5, 5.41) is 0. The molecule has 0 radical (unpaired) electrons. The normalized spacial score (nSPS) is 15.4. The maximum Gasteiger partial charge on any atom is 0.0418 e. The fourth-order valence-corrected chi connectivity index (χ4v) is 1.75. The zero-order chi connectivity index (χ0) is 6.41. The van der Waals surface area contributed by atoms with Gasteiger partial charge in [-0.25, -0.2) is 0 Å². The molecule has 0 heterocycles. The van der Waals surface area contributed by atoms with E-state index in [1.54, 1.807) is 0 Å². The molecule has 0 aliphatic rings. The monoisotopic (exact) mass is 132 g/mol. The quantitative estimate of drug-likeness (QED) is 0.493. The van der Waals surface area contributed by atoms with Crippen molar-refractivity contribution >= 4 is 9.52 Å². The SMILES string of the molecule is CCC[SiH2]C(N)CN. The highest BCUT2D eigenvalue weighted by molar-refractivity contribution is 6.37. The van der Waals surface area contributed by atoms with Crippen LogP contribution in [-0.2, 0) is 0 Å². The molecule has 0 bridgehead atoms. The Morgan fingerprint density at radius 2 is 2.25 bits per heavy atom. The molecule has 0 aliphatic carbocycles. The third-order valence-electron chi connectivity index (χ3n) is 1.23. The van der Waals surface area contributed by atoms with Crippen LogP contribution >= 0.6 is 0 Å². The first-order chi connectivity index (χ1) is 3.81. The van der Waals surface area contributed by atoms with Gasteiger partial charge in [0.15, 0.2) is 0 Å². The minimum Gasteiger partial charge on any atom is -0.330 e. The fraction of sp³-hybridized carbons (Fsp3) is 1.00. The van der Waals surface area contributed by atoms with Gasteiger partial charge in [-0.1, -0.05) is 19.4 Å². The summed E-state index contributed by atoms with van der Waals surface area (Å²) >= 11 is 0. The summed E-state index contributed by atoms with van der Waals surface area (Å²) in [5.41, 5.74) is 11.3. The molecular formula is C5H16N2Si. The molecule has 0 aromatic carbocycles. The zero-order valence-electron chi connectivity index (χ0n) is 5.56. The minimum absolute atomic E-state index is 0.0116. The summed E-state index contributed by atoms with van der Waals surface area (Å²) in [7, 11) is -0.0116. The Kier molecular flexibility index (Phi) is 5.37. The molecule has 0 aliphatic heterocycles.